The first-order valence-corrected chi connectivity index (χ1v) is 11.8. The van der Waals surface area contributed by atoms with Gasteiger partial charge in [0.05, 0.1) is 0 Å². The van der Waals surface area contributed by atoms with E-state index in [0.717, 1.165) is 4.31 Å². The minimum atomic E-state index is -4.31. The van der Waals surface area contributed by atoms with Gasteiger partial charge in [-0.1, -0.05) is 23.6 Å². The maximum absolute atomic E-state index is 12.8. The van der Waals surface area contributed by atoms with Crippen LogP contribution in [0.5, 0.6) is 0 Å². The Morgan fingerprint density at radius 2 is 1.55 bits per heavy atom. The summed E-state index contributed by atoms with van der Waals surface area (Å²) in [7, 11) is -3.96. The lowest BCUT2D eigenvalue weighted by Crippen LogP contribution is -2.59. The summed E-state index contributed by atoms with van der Waals surface area (Å²) in [6, 6.07) is 0. The molecule has 22 heavy (non-hydrogen) atoms. The van der Waals surface area contributed by atoms with Crippen molar-refractivity contribution in [2.45, 2.75) is 51.0 Å². The van der Waals surface area contributed by atoms with E-state index in [1.165, 1.54) is 0 Å². The van der Waals surface area contributed by atoms with Crippen LogP contribution in [0, 0.1) is 0 Å². The summed E-state index contributed by atoms with van der Waals surface area (Å²) in [6.07, 6.45) is 0. The van der Waals surface area contributed by atoms with Crippen molar-refractivity contribution >= 4 is 53.5 Å². The van der Waals surface area contributed by atoms with Crippen LogP contribution in [0.2, 0.25) is 0 Å². The maximum atomic E-state index is 12.8. The molecule has 0 atom stereocenters. The zero-order chi connectivity index (χ0) is 17.4. The largest absolute Gasteiger partial charge is 0.340 e. The van der Waals surface area contributed by atoms with Gasteiger partial charge in [-0.25, -0.2) is 8.42 Å². The third-order valence-electron chi connectivity index (χ3n) is 3.03. The molecule has 0 aromatic carbocycles. The zero-order valence-corrected chi connectivity index (χ0v) is 17.3. The number of rotatable bonds is 6. The number of hydrogen-bond acceptors (Lipinski definition) is 7. The van der Waals surface area contributed by atoms with Gasteiger partial charge in [0.25, 0.3) is 15.8 Å². The van der Waals surface area contributed by atoms with E-state index in [0.29, 0.717) is 0 Å². The second kappa shape index (κ2) is 6.81. The molecule has 1 saturated heterocycles. The monoisotopic (exact) mass is 403 g/mol. The number of nitrogens with zero attached hydrogens (tertiary/aromatic N) is 1. The molecule has 1 heterocycles. The van der Waals surface area contributed by atoms with Gasteiger partial charge in [0, 0.05) is 33.5 Å². The van der Waals surface area contributed by atoms with Gasteiger partial charge in [-0.3, -0.25) is 4.79 Å². The first-order valence-electron chi connectivity index (χ1n) is 6.58. The molecule has 0 spiro atoms. The Labute approximate surface area is 144 Å². The van der Waals surface area contributed by atoms with E-state index in [-0.39, 0.29) is 27.9 Å². The van der Waals surface area contributed by atoms with E-state index in [9.17, 15) is 13.2 Å². The summed E-state index contributed by atoms with van der Waals surface area (Å²) in [6.45, 7) is 8.55. The Kier molecular flexibility index (Phi) is 6.37. The van der Waals surface area contributed by atoms with Gasteiger partial charge in [-0.05, 0) is 34.6 Å². The molecule has 0 aromatic rings. The lowest BCUT2D eigenvalue weighted by atomic mass is 10.1. The fourth-order valence-electron chi connectivity index (χ4n) is 2.49. The summed E-state index contributed by atoms with van der Waals surface area (Å²) in [5, 5.41) is -2.61. The van der Waals surface area contributed by atoms with Gasteiger partial charge in [0.2, 0.25) is 5.02 Å². The lowest BCUT2D eigenvalue weighted by Gasteiger charge is -2.43. The predicted molar refractivity (Wildman–Crippen MR) is 92.8 cm³/mol. The highest BCUT2D eigenvalue weighted by molar-refractivity contribution is 8.10. The van der Waals surface area contributed by atoms with Crippen LogP contribution in [0.3, 0.4) is 0 Å². The van der Waals surface area contributed by atoms with Crippen LogP contribution >= 0.6 is 14.7 Å². The SMILES string of the molecule is CCOC1(OCC)C(=O)S(=O)(=O)N(C(C)(C)C)C1(P=S)P=S. The van der Waals surface area contributed by atoms with Crippen molar-refractivity contribution in [1.29, 1.82) is 0 Å². The summed E-state index contributed by atoms with van der Waals surface area (Å²) < 4.78 is 37.7. The molecule has 0 aromatic heterocycles. The highest BCUT2D eigenvalue weighted by atomic mass is 32.4. The standard InChI is InChI=1S/C11H19NO5P2S3/c1-6-16-10(17-7-2)8(13)22(14,15)12(9(3,4)5)11(10,18-20)19-21/h6-7H2,1-5H3. The summed E-state index contributed by atoms with van der Waals surface area (Å²) in [5.41, 5.74) is -0.901. The van der Waals surface area contributed by atoms with Gasteiger partial charge in [-0.15, -0.1) is 0 Å². The lowest BCUT2D eigenvalue weighted by molar-refractivity contribution is -0.230. The third kappa shape index (κ3) is 2.74. The van der Waals surface area contributed by atoms with Crippen LogP contribution in [-0.4, -0.2) is 47.4 Å². The molecule has 0 aliphatic carbocycles. The minimum Gasteiger partial charge on any atom is -0.340 e. The average molecular weight is 403 g/mol. The molecule has 11 heteroatoms. The summed E-state index contributed by atoms with van der Waals surface area (Å²) in [4.78, 5) is 12.7. The van der Waals surface area contributed by atoms with Crippen LogP contribution < -0.4 is 0 Å². The van der Waals surface area contributed by atoms with Crippen molar-refractivity contribution in [2.75, 3.05) is 13.2 Å². The number of hydrogen-bond donors (Lipinski definition) is 0. The van der Waals surface area contributed by atoms with Crippen molar-refractivity contribution < 1.29 is 22.7 Å². The highest BCUT2D eigenvalue weighted by Gasteiger charge is 2.76. The van der Waals surface area contributed by atoms with Crippen molar-refractivity contribution in [3.05, 3.63) is 0 Å². The van der Waals surface area contributed by atoms with Crippen LogP contribution in [0.4, 0.5) is 0 Å². The topological polar surface area (TPSA) is 72.9 Å². The number of sulfonamides is 1. The van der Waals surface area contributed by atoms with E-state index in [1.54, 1.807) is 34.6 Å². The fraction of sp³-hybridized carbons (Fsp3) is 0.909. The van der Waals surface area contributed by atoms with Crippen molar-refractivity contribution in [2.24, 2.45) is 0 Å². The maximum Gasteiger partial charge on any atom is 0.324 e. The number of carbonyl (C=O) groups is 1. The van der Waals surface area contributed by atoms with Crippen LogP contribution in [0.1, 0.15) is 34.6 Å². The van der Waals surface area contributed by atoms with Gasteiger partial charge in [-0.2, -0.15) is 4.31 Å². The number of ether oxygens (including phenoxy) is 2. The quantitative estimate of drug-likeness (QED) is 0.497. The smallest absolute Gasteiger partial charge is 0.324 e. The third-order valence-corrected chi connectivity index (χ3v) is 9.83. The molecule has 0 N–H and O–H groups in total. The van der Waals surface area contributed by atoms with E-state index >= 15 is 0 Å². The molecule has 0 amide bonds. The van der Waals surface area contributed by atoms with Gasteiger partial charge in [0.15, 0.2) is 0 Å². The molecular formula is C11H19NO5P2S3. The normalized spacial score (nSPS) is 28.5. The highest BCUT2D eigenvalue weighted by Crippen LogP contribution is 2.59. The Hall–Kier alpha value is 0.540. The molecule has 0 bridgehead atoms. The Bertz CT molecular complexity index is 573. The average Bonchev–Trinajstić information content (AvgIpc) is 2.55. The van der Waals surface area contributed by atoms with E-state index in [1.807, 2.05) is 0 Å². The Balaban J connectivity index is 3.88. The molecule has 1 aliphatic heterocycles. The summed E-state index contributed by atoms with van der Waals surface area (Å²) in [5.74, 6) is -2.00. The second-order valence-corrected chi connectivity index (χ2v) is 10.3. The van der Waals surface area contributed by atoms with E-state index in [2.05, 4.69) is 0 Å². The Morgan fingerprint density at radius 3 is 1.82 bits per heavy atom. The first kappa shape index (κ1) is 20.6. The molecule has 126 valence electrons. The molecule has 0 radical (unpaired) electrons. The van der Waals surface area contributed by atoms with Crippen LogP contribution in [0.25, 0.3) is 0 Å². The molecule has 6 nitrogen and oxygen atoms in total. The van der Waals surface area contributed by atoms with Crippen molar-refractivity contribution in [1.82, 2.24) is 4.31 Å². The van der Waals surface area contributed by atoms with Crippen LogP contribution in [-0.2, 0) is 47.9 Å². The first-order chi connectivity index (χ1) is 10.0. The van der Waals surface area contributed by atoms with Crippen molar-refractivity contribution in [3.8, 4) is 0 Å². The van der Waals surface area contributed by atoms with E-state index in [4.69, 9.17) is 33.1 Å². The number of carbonyl (C=O) groups excluding carboxylic acids is 1. The fourth-order valence-corrected chi connectivity index (χ4v) is 9.78. The van der Waals surface area contributed by atoms with Gasteiger partial charge >= 0.3 is 5.12 Å². The van der Waals surface area contributed by atoms with Gasteiger partial charge in [0.1, 0.15) is 0 Å². The van der Waals surface area contributed by atoms with Gasteiger partial charge < -0.3 is 9.47 Å². The van der Waals surface area contributed by atoms with E-state index < -0.39 is 31.5 Å². The molecule has 0 unspecified atom stereocenters. The molecule has 1 rings (SSSR count). The summed E-state index contributed by atoms with van der Waals surface area (Å²) >= 11 is 10.4. The van der Waals surface area contributed by atoms with Crippen LogP contribution in [0.15, 0.2) is 0 Å². The molecule has 1 fully saturated rings. The molecular weight excluding hydrogens is 384 g/mol. The minimum absolute atomic E-state index is 0.0939. The molecule has 1 aliphatic rings. The second-order valence-electron chi connectivity index (χ2n) is 5.53. The predicted octanol–water partition coefficient (Wildman–Crippen LogP) is 2.20. The zero-order valence-electron chi connectivity index (χ0n) is 13.0. The van der Waals surface area contributed by atoms with Crippen molar-refractivity contribution in [3.63, 3.8) is 0 Å². The molecule has 0 saturated carbocycles. The Morgan fingerprint density at radius 1 is 1.14 bits per heavy atom.